The number of fused-ring (bicyclic) bond motifs is 1. The van der Waals surface area contributed by atoms with Crippen molar-refractivity contribution >= 4 is 34.0 Å². The number of pyridine rings is 1. The number of nitrogens with zero attached hydrogens (tertiary/aromatic N) is 3. The summed E-state index contributed by atoms with van der Waals surface area (Å²) in [6, 6.07) is 7.48. The van der Waals surface area contributed by atoms with Crippen molar-refractivity contribution in [3.63, 3.8) is 0 Å². The van der Waals surface area contributed by atoms with Gasteiger partial charge in [-0.3, -0.25) is 0 Å². The SMILES string of the molecule is COc1ccc2c(Cc3cc(Cl)nc(Cl)c3)nncc2c1OC1CCCC1. The van der Waals surface area contributed by atoms with Crippen LogP contribution in [0, 0.1) is 0 Å². The molecule has 0 spiro atoms. The first-order valence-electron chi connectivity index (χ1n) is 8.94. The number of hydrogen-bond acceptors (Lipinski definition) is 5. The Morgan fingerprint density at radius 2 is 1.81 bits per heavy atom. The Bertz CT molecular complexity index is 955. The minimum atomic E-state index is 0.221. The monoisotopic (exact) mass is 403 g/mol. The summed E-state index contributed by atoms with van der Waals surface area (Å²) in [6.45, 7) is 0. The average molecular weight is 404 g/mol. The fraction of sp³-hybridized carbons (Fsp3) is 0.350. The summed E-state index contributed by atoms with van der Waals surface area (Å²) in [6.07, 6.45) is 7.04. The average Bonchev–Trinajstić information content (AvgIpc) is 3.15. The smallest absolute Gasteiger partial charge is 0.171 e. The van der Waals surface area contributed by atoms with E-state index in [0.29, 0.717) is 22.5 Å². The van der Waals surface area contributed by atoms with Gasteiger partial charge in [0.15, 0.2) is 11.5 Å². The highest BCUT2D eigenvalue weighted by atomic mass is 35.5. The molecular formula is C20H19Cl2N3O2. The van der Waals surface area contributed by atoms with Gasteiger partial charge >= 0.3 is 0 Å². The van der Waals surface area contributed by atoms with Crippen LogP contribution in [-0.4, -0.2) is 28.4 Å². The predicted octanol–water partition coefficient (Wildman–Crippen LogP) is 5.25. The van der Waals surface area contributed by atoms with Gasteiger partial charge in [0.25, 0.3) is 0 Å². The molecule has 0 atom stereocenters. The van der Waals surface area contributed by atoms with E-state index in [4.69, 9.17) is 32.7 Å². The molecule has 1 aliphatic rings. The summed E-state index contributed by atoms with van der Waals surface area (Å²) >= 11 is 12.1. The van der Waals surface area contributed by atoms with Crippen molar-refractivity contribution < 1.29 is 9.47 Å². The maximum atomic E-state index is 6.31. The zero-order valence-corrected chi connectivity index (χ0v) is 16.4. The van der Waals surface area contributed by atoms with Crippen LogP contribution >= 0.6 is 23.2 Å². The molecule has 1 aromatic carbocycles. The van der Waals surface area contributed by atoms with Gasteiger partial charge in [0, 0.05) is 17.2 Å². The lowest BCUT2D eigenvalue weighted by atomic mass is 10.0. The minimum absolute atomic E-state index is 0.221. The normalized spacial score (nSPS) is 14.6. The Labute approximate surface area is 167 Å². The lowest BCUT2D eigenvalue weighted by molar-refractivity contribution is 0.203. The van der Waals surface area contributed by atoms with Gasteiger partial charge in [0.2, 0.25) is 0 Å². The molecule has 0 aliphatic heterocycles. The Hall–Kier alpha value is -2.11. The standard InChI is InChI=1S/C20H19Cl2N3O2/c1-26-17-7-6-14-15(20(17)27-13-4-2-3-5-13)11-23-25-16(14)8-12-9-18(21)24-19(22)10-12/h6-7,9-11,13H,2-5,8H2,1H3. The van der Waals surface area contributed by atoms with Crippen LogP contribution in [0.3, 0.4) is 0 Å². The molecule has 0 radical (unpaired) electrons. The van der Waals surface area contributed by atoms with Gasteiger partial charge in [-0.05, 0) is 55.5 Å². The molecule has 1 fully saturated rings. The van der Waals surface area contributed by atoms with Gasteiger partial charge < -0.3 is 9.47 Å². The molecule has 0 N–H and O–H groups in total. The number of ether oxygens (including phenoxy) is 2. The van der Waals surface area contributed by atoms with Crippen LogP contribution in [0.15, 0.2) is 30.5 Å². The minimum Gasteiger partial charge on any atom is -0.493 e. The van der Waals surface area contributed by atoms with Crippen LogP contribution < -0.4 is 9.47 Å². The number of hydrogen-bond donors (Lipinski definition) is 0. The molecule has 1 saturated carbocycles. The molecular weight excluding hydrogens is 385 g/mol. The largest absolute Gasteiger partial charge is 0.493 e. The van der Waals surface area contributed by atoms with E-state index in [-0.39, 0.29) is 6.10 Å². The third-order valence-corrected chi connectivity index (χ3v) is 5.22. The van der Waals surface area contributed by atoms with Crippen molar-refractivity contribution in [2.24, 2.45) is 0 Å². The molecule has 2 aromatic heterocycles. The highest BCUT2D eigenvalue weighted by Crippen LogP contribution is 2.38. The highest BCUT2D eigenvalue weighted by Gasteiger charge is 2.21. The fourth-order valence-corrected chi connectivity index (χ4v) is 4.07. The summed E-state index contributed by atoms with van der Waals surface area (Å²) in [5.74, 6) is 1.45. The third kappa shape index (κ3) is 3.94. The van der Waals surface area contributed by atoms with Crippen LogP contribution in [0.2, 0.25) is 10.3 Å². The lowest BCUT2D eigenvalue weighted by Crippen LogP contribution is -2.12. The number of methoxy groups -OCH3 is 1. The molecule has 0 unspecified atom stereocenters. The first-order valence-corrected chi connectivity index (χ1v) is 9.69. The first kappa shape index (κ1) is 18.3. The molecule has 0 saturated heterocycles. The second-order valence-electron chi connectivity index (χ2n) is 6.67. The Morgan fingerprint density at radius 3 is 2.52 bits per heavy atom. The molecule has 5 nitrogen and oxygen atoms in total. The number of rotatable bonds is 5. The van der Waals surface area contributed by atoms with E-state index in [2.05, 4.69) is 15.2 Å². The summed E-state index contributed by atoms with van der Waals surface area (Å²) in [5, 5.41) is 11.1. The fourth-order valence-electron chi connectivity index (χ4n) is 3.56. The van der Waals surface area contributed by atoms with Crippen LogP contribution in [0.4, 0.5) is 0 Å². The number of benzene rings is 1. The van der Waals surface area contributed by atoms with Crippen molar-refractivity contribution in [1.29, 1.82) is 0 Å². The quantitative estimate of drug-likeness (QED) is 0.544. The summed E-state index contributed by atoms with van der Waals surface area (Å²) in [7, 11) is 1.65. The zero-order chi connectivity index (χ0) is 18.8. The number of aromatic nitrogens is 3. The van der Waals surface area contributed by atoms with Crippen LogP contribution in [0.25, 0.3) is 10.8 Å². The topological polar surface area (TPSA) is 57.1 Å². The molecule has 4 rings (SSSR count). The zero-order valence-electron chi connectivity index (χ0n) is 14.9. The van der Waals surface area contributed by atoms with Crippen molar-refractivity contribution in [2.75, 3.05) is 7.11 Å². The maximum Gasteiger partial charge on any atom is 0.171 e. The Kier molecular flexibility index (Phi) is 5.32. The van der Waals surface area contributed by atoms with Gasteiger partial charge in [0.05, 0.1) is 25.1 Å². The van der Waals surface area contributed by atoms with E-state index in [9.17, 15) is 0 Å². The van der Waals surface area contributed by atoms with E-state index in [1.54, 1.807) is 25.4 Å². The third-order valence-electron chi connectivity index (χ3n) is 4.84. The summed E-state index contributed by atoms with van der Waals surface area (Å²) in [5.41, 5.74) is 1.75. The van der Waals surface area contributed by atoms with Gasteiger partial charge in [-0.15, -0.1) is 0 Å². The lowest BCUT2D eigenvalue weighted by Gasteiger charge is -2.18. The van der Waals surface area contributed by atoms with Crippen LogP contribution in [-0.2, 0) is 6.42 Å². The Balaban J connectivity index is 1.76. The molecule has 1 aliphatic carbocycles. The maximum absolute atomic E-state index is 6.31. The van der Waals surface area contributed by atoms with Gasteiger partial charge in [-0.25, -0.2) is 4.98 Å². The summed E-state index contributed by atoms with van der Waals surface area (Å²) in [4.78, 5) is 3.99. The Morgan fingerprint density at radius 1 is 1.07 bits per heavy atom. The van der Waals surface area contributed by atoms with E-state index in [0.717, 1.165) is 40.6 Å². The number of halogens is 2. The summed E-state index contributed by atoms with van der Waals surface area (Å²) < 4.78 is 11.8. The molecule has 140 valence electrons. The molecule has 7 heteroatoms. The van der Waals surface area contributed by atoms with Crippen LogP contribution in [0.5, 0.6) is 11.5 Å². The van der Waals surface area contributed by atoms with Crippen molar-refractivity contribution in [2.45, 2.75) is 38.2 Å². The van der Waals surface area contributed by atoms with E-state index >= 15 is 0 Å². The second kappa shape index (κ2) is 7.87. The molecule has 0 amide bonds. The van der Waals surface area contributed by atoms with E-state index in [1.807, 2.05) is 12.1 Å². The van der Waals surface area contributed by atoms with Crippen LogP contribution in [0.1, 0.15) is 36.9 Å². The molecule has 3 aromatic rings. The predicted molar refractivity (Wildman–Crippen MR) is 106 cm³/mol. The van der Waals surface area contributed by atoms with E-state index < -0.39 is 0 Å². The molecule has 27 heavy (non-hydrogen) atoms. The van der Waals surface area contributed by atoms with Crippen molar-refractivity contribution in [3.8, 4) is 11.5 Å². The highest BCUT2D eigenvalue weighted by molar-refractivity contribution is 6.32. The molecule has 2 heterocycles. The van der Waals surface area contributed by atoms with Crippen molar-refractivity contribution in [1.82, 2.24) is 15.2 Å². The molecule has 0 bridgehead atoms. The van der Waals surface area contributed by atoms with Crippen molar-refractivity contribution in [3.05, 3.63) is 52.0 Å². The first-order chi connectivity index (χ1) is 13.1. The van der Waals surface area contributed by atoms with Gasteiger partial charge in [-0.1, -0.05) is 23.2 Å². The second-order valence-corrected chi connectivity index (χ2v) is 7.45. The van der Waals surface area contributed by atoms with Gasteiger partial charge in [-0.2, -0.15) is 10.2 Å². The van der Waals surface area contributed by atoms with E-state index in [1.165, 1.54) is 12.8 Å². The van der Waals surface area contributed by atoms with Gasteiger partial charge in [0.1, 0.15) is 10.3 Å².